The van der Waals surface area contributed by atoms with Crippen LogP contribution < -0.4 is 21.9 Å². The van der Waals surface area contributed by atoms with E-state index in [-0.39, 0.29) is 29.2 Å². The van der Waals surface area contributed by atoms with E-state index >= 15 is 0 Å². The fraction of sp³-hybridized carbons (Fsp3) is 0.542. The number of rotatable bonds is 8. The first kappa shape index (κ1) is 24.2. The molecule has 8 heteroatoms. The molecule has 0 bridgehead atoms. The highest BCUT2D eigenvalue weighted by molar-refractivity contribution is 8.00. The van der Waals surface area contributed by atoms with E-state index in [1.54, 1.807) is 4.90 Å². The molecule has 0 aliphatic heterocycles. The lowest BCUT2D eigenvalue weighted by molar-refractivity contribution is -0.116. The molecule has 3 rings (SSSR count). The van der Waals surface area contributed by atoms with Gasteiger partial charge in [0.15, 0.2) is 5.69 Å². The molecule has 1 aromatic heterocycles. The van der Waals surface area contributed by atoms with E-state index in [2.05, 4.69) is 24.0 Å². The van der Waals surface area contributed by atoms with E-state index in [1.807, 2.05) is 20.8 Å². The number of nitrogens with two attached hydrogens (primary N) is 1. The number of carbonyl (C=O) groups is 1. The Labute approximate surface area is 193 Å². The number of unbranched alkanes of at least 4 members (excludes halogenated alkanes) is 1. The van der Waals surface area contributed by atoms with Crippen LogP contribution in [0.5, 0.6) is 0 Å². The highest BCUT2D eigenvalue weighted by atomic mass is 32.2. The summed E-state index contributed by atoms with van der Waals surface area (Å²) in [5.74, 6) is 0.133. The van der Waals surface area contributed by atoms with Gasteiger partial charge in [0.2, 0.25) is 5.91 Å². The van der Waals surface area contributed by atoms with Crippen LogP contribution in [-0.2, 0) is 11.3 Å². The highest BCUT2D eigenvalue weighted by Gasteiger charge is 2.32. The number of benzene rings is 1. The predicted octanol–water partition coefficient (Wildman–Crippen LogP) is 3.91. The van der Waals surface area contributed by atoms with E-state index in [9.17, 15) is 14.4 Å². The van der Waals surface area contributed by atoms with Gasteiger partial charge in [0.25, 0.3) is 5.56 Å². The maximum Gasteiger partial charge on any atom is 0.330 e. The number of amides is 1. The van der Waals surface area contributed by atoms with Gasteiger partial charge in [-0.1, -0.05) is 43.9 Å². The highest BCUT2D eigenvalue weighted by Crippen LogP contribution is 2.32. The van der Waals surface area contributed by atoms with Crippen LogP contribution in [0.3, 0.4) is 0 Å². The summed E-state index contributed by atoms with van der Waals surface area (Å²) in [6, 6.07) is 4.14. The number of thioether (sulfide) groups is 1. The number of anilines is 2. The van der Waals surface area contributed by atoms with Crippen LogP contribution in [0.25, 0.3) is 0 Å². The number of aryl methyl sites for hydroxylation is 3. The molecule has 7 nitrogen and oxygen atoms in total. The Morgan fingerprint density at radius 2 is 1.81 bits per heavy atom. The van der Waals surface area contributed by atoms with Crippen molar-refractivity contribution in [2.24, 2.45) is 0 Å². The number of hydrogen-bond acceptors (Lipinski definition) is 5. The summed E-state index contributed by atoms with van der Waals surface area (Å²) in [7, 11) is 0. The van der Waals surface area contributed by atoms with Crippen LogP contribution in [0.15, 0.2) is 26.6 Å². The number of carbonyl (C=O) groups excluding carboxylic acids is 1. The second-order valence-corrected chi connectivity index (χ2v) is 9.70. The second-order valence-electron chi connectivity index (χ2n) is 8.72. The van der Waals surface area contributed by atoms with Crippen molar-refractivity contribution in [2.45, 2.75) is 83.7 Å². The van der Waals surface area contributed by atoms with Gasteiger partial charge < -0.3 is 10.6 Å². The molecule has 0 spiro atoms. The van der Waals surface area contributed by atoms with Gasteiger partial charge in [-0.3, -0.25) is 19.1 Å². The molecule has 1 aliphatic rings. The van der Waals surface area contributed by atoms with Gasteiger partial charge in [0.05, 0.1) is 5.75 Å². The Morgan fingerprint density at radius 3 is 2.41 bits per heavy atom. The van der Waals surface area contributed by atoms with E-state index < -0.39 is 11.2 Å². The molecule has 0 unspecified atom stereocenters. The average molecular weight is 459 g/mol. The summed E-state index contributed by atoms with van der Waals surface area (Å²) < 4.78 is 1.39. The van der Waals surface area contributed by atoms with E-state index in [4.69, 9.17) is 5.73 Å². The van der Waals surface area contributed by atoms with Crippen molar-refractivity contribution in [3.05, 3.63) is 49.7 Å². The Kier molecular flexibility index (Phi) is 7.87. The average Bonchev–Trinajstić information content (AvgIpc) is 3.24. The van der Waals surface area contributed by atoms with Crippen molar-refractivity contribution >= 4 is 29.2 Å². The van der Waals surface area contributed by atoms with Crippen LogP contribution in [0.2, 0.25) is 0 Å². The van der Waals surface area contributed by atoms with Gasteiger partial charge in [-0.25, -0.2) is 4.79 Å². The Hall–Kier alpha value is -2.48. The van der Waals surface area contributed by atoms with E-state index in [0.717, 1.165) is 54.5 Å². The van der Waals surface area contributed by atoms with Crippen LogP contribution in [0.1, 0.15) is 62.1 Å². The summed E-state index contributed by atoms with van der Waals surface area (Å²) in [4.78, 5) is 43.8. The first-order valence-electron chi connectivity index (χ1n) is 11.4. The Morgan fingerprint density at radius 1 is 1.19 bits per heavy atom. The normalized spacial score (nSPS) is 14.1. The zero-order valence-corrected chi connectivity index (χ0v) is 20.3. The summed E-state index contributed by atoms with van der Waals surface area (Å²) in [6.07, 6.45) is 5.31. The SMILES string of the molecule is CCCCn1c(N)c(N(C(=O)CSc2c(C)cc(C)cc2C)C2CCCC2)c(=O)[nH]c1=O. The smallest absolute Gasteiger partial charge is 0.330 e. The van der Waals surface area contributed by atoms with E-state index in [0.29, 0.717) is 6.54 Å². The van der Waals surface area contributed by atoms with Crippen molar-refractivity contribution in [3.63, 3.8) is 0 Å². The zero-order chi connectivity index (χ0) is 23.4. The van der Waals surface area contributed by atoms with Crippen LogP contribution >= 0.6 is 11.8 Å². The first-order valence-corrected chi connectivity index (χ1v) is 12.4. The first-order chi connectivity index (χ1) is 15.2. The maximum atomic E-state index is 13.5. The molecular formula is C24H34N4O3S. The summed E-state index contributed by atoms with van der Waals surface area (Å²) >= 11 is 1.49. The predicted molar refractivity (Wildman–Crippen MR) is 132 cm³/mol. The zero-order valence-electron chi connectivity index (χ0n) is 19.5. The molecule has 174 valence electrons. The summed E-state index contributed by atoms with van der Waals surface area (Å²) in [5.41, 5.74) is 8.82. The molecule has 0 radical (unpaired) electrons. The molecule has 1 aromatic carbocycles. The van der Waals surface area contributed by atoms with Crippen LogP contribution in [-0.4, -0.2) is 27.3 Å². The Balaban J connectivity index is 1.97. The third-order valence-electron chi connectivity index (χ3n) is 6.09. The molecule has 2 aromatic rings. The minimum atomic E-state index is -0.590. The molecule has 3 N–H and O–H groups in total. The summed E-state index contributed by atoms with van der Waals surface area (Å²) in [6.45, 7) is 8.59. The number of aromatic amines is 1. The van der Waals surface area contributed by atoms with Crippen molar-refractivity contribution in [3.8, 4) is 0 Å². The third kappa shape index (κ3) is 5.11. The van der Waals surface area contributed by atoms with E-state index in [1.165, 1.54) is 21.9 Å². The molecule has 1 amide bonds. The minimum absolute atomic E-state index is 0.0798. The van der Waals surface area contributed by atoms with Crippen LogP contribution in [0.4, 0.5) is 11.5 Å². The molecule has 1 fully saturated rings. The third-order valence-corrected chi connectivity index (χ3v) is 7.42. The lowest BCUT2D eigenvalue weighted by atomic mass is 10.1. The van der Waals surface area contributed by atoms with Crippen molar-refractivity contribution in [1.29, 1.82) is 0 Å². The lowest BCUT2D eigenvalue weighted by Gasteiger charge is -2.30. The number of nitrogens with one attached hydrogen (secondary N) is 1. The topological polar surface area (TPSA) is 101 Å². The molecule has 1 saturated carbocycles. The second kappa shape index (κ2) is 10.4. The van der Waals surface area contributed by atoms with Gasteiger partial charge in [0, 0.05) is 17.5 Å². The monoisotopic (exact) mass is 458 g/mol. The van der Waals surface area contributed by atoms with Gasteiger partial charge in [-0.05, 0) is 51.2 Å². The van der Waals surface area contributed by atoms with Crippen molar-refractivity contribution < 1.29 is 4.79 Å². The Bertz CT molecular complexity index is 1080. The molecule has 1 heterocycles. The molecule has 0 saturated heterocycles. The number of nitrogens with zero attached hydrogens (tertiary/aromatic N) is 2. The van der Waals surface area contributed by atoms with Gasteiger partial charge in [-0.15, -0.1) is 11.8 Å². The molecule has 32 heavy (non-hydrogen) atoms. The standard InChI is InChI=1S/C24H34N4O3S/c1-5-6-11-27-22(25)20(23(30)26-24(27)31)28(18-9-7-8-10-18)19(29)14-32-21-16(3)12-15(2)13-17(21)4/h12-13,18H,5-11,14,25H2,1-4H3,(H,26,30,31). The number of H-pyrrole nitrogens is 1. The molecular weight excluding hydrogens is 424 g/mol. The minimum Gasteiger partial charge on any atom is -0.383 e. The van der Waals surface area contributed by atoms with Crippen molar-refractivity contribution in [1.82, 2.24) is 9.55 Å². The summed E-state index contributed by atoms with van der Waals surface area (Å²) in [5, 5.41) is 0. The largest absolute Gasteiger partial charge is 0.383 e. The lowest BCUT2D eigenvalue weighted by Crippen LogP contribution is -2.46. The molecule has 1 aliphatic carbocycles. The number of nitrogen functional groups attached to an aromatic ring is 1. The quantitative estimate of drug-likeness (QED) is 0.584. The fourth-order valence-electron chi connectivity index (χ4n) is 4.62. The number of aromatic nitrogens is 2. The van der Waals surface area contributed by atoms with Crippen LogP contribution in [0, 0.1) is 20.8 Å². The maximum absolute atomic E-state index is 13.5. The fourth-order valence-corrected chi connectivity index (χ4v) is 5.60. The van der Waals surface area contributed by atoms with Gasteiger partial charge >= 0.3 is 5.69 Å². The van der Waals surface area contributed by atoms with Crippen molar-refractivity contribution in [2.75, 3.05) is 16.4 Å². The van der Waals surface area contributed by atoms with Gasteiger partial charge in [-0.2, -0.15) is 0 Å². The van der Waals surface area contributed by atoms with Gasteiger partial charge in [0.1, 0.15) is 5.82 Å². The number of hydrogen-bond donors (Lipinski definition) is 2. The molecule has 0 atom stereocenters.